The number of benzene rings is 2. The van der Waals surface area contributed by atoms with Gasteiger partial charge in [-0.15, -0.1) is 0 Å². The third-order valence-electron chi connectivity index (χ3n) is 11.3. The predicted molar refractivity (Wildman–Crippen MR) is 227 cm³/mol. The number of carbonyl (C=O) groups is 6. The first-order chi connectivity index (χ1) is 30.5. The highest BCUT2D eigenvalue weighted by molar-refractivity contribution is 6.12. The quantitative estimate of drug-likeness (QED) is 0.113. The van der Waals surface area contributed by atoms with Crippen molar-refractivity contribution in [1.82, 2.24) is 29.6 Å². The normalized spacial score (nSPS) is 18.9. The van der Waals surface area contributed by atoms with Gasteiger partial charge in [-0.3, -0.25) is 28.9 Å². The molecule has 6 rings (SSSR count). The molecule has 0 spiro atoms. The van der Waals surface area contributed by atoms with Gasteiger partial charge < -0.3 is 38.6 Å². The summed E-state index contributed by atoms with van der Waals surface area (Å²) in [6, 6.07) is 11.7. The highest BCUT2D eigenvalue weighted by atomic mass is 19.1. The lowest BCUT2D eigenvalue weighted by Crippen LogP contribution is -2.50. The fraction of sp³-hybridized carbons (Fsp3) is 0.500. The minimum atomic E-state index is -1.28. The minimum absolute atomic E-state index is 0.0138. The molecule has 2 fully saturated rings. The van der Waals surface area contributed by atoms with Crippen molar-refractivity contribution in [2.45, 2.75) is 71.8 Å². The van der Waals surface area contributed by atoms with Gasteiger partial charge in [-0.2, -0.15) is 0 Å². The number of imidazole rings is 1. The summed E-state index contributed by atoms with van der Waals surface area (Å²) >= 11 is 0. The van der Waals surface area contributed by atoms with Crippen molar-refractivity contribution < 1.29 is 56.5 Å². The van der Waals surface area contributed by atoms with E-state index in [2.05, 4.69) is 5.32 Å². The number of rotatable bonds is 17. The van der Waals surface area contributed by atoms with Gasteiger partial charge in [-0.1, -0.05) is 30.3 Å². The number of nitrogens with zero attached hydrogens (tertiary/aromatic N) is 5. The smallest absolute Gasteiger partial charge is 0.410 e. The van der Waals surface area contributed by atoms with Gasteiger partial charge in [0.2, 0.25) is 5.91 Å². The number of imide groups is 1. The number of amides is 5. The Hall–Kier alpha value is -6.01. The summed E-state index contributed by atoms with van der Waals surface area (Å²) in [7, 11) is 0. The van der Waals surface area contributed by atoms with Crippen molar-refractivity contribution in [3.8, 4) is 11.3 Å². The van der Waals surface area contributed by atoms with Gasteiger partial charge in [0.15, 0.2) is 6.10 Å². The highest BCUT2D eigenvalue weighted by Crippen LogP contribution is 2.39. The Morgan fingerprint density at radius 3 is 2.36 bits per heavy atom. The van der Waals surface area contributed by atoms with Crippen molar-refractivity contribution in [2.24, 2.45) is 17.8 Å². The Balaban J connectivity index is 1.37. The molecule has 3 aromatic rings. The van der Waals surface area contributed by atoms with E-state index in [1.807, 2.05) is 34.9 Å². The molecule has 3 aliphatic rings. The minimum Gasteiger partial charge on any atom is -0.453 e. The van der Waals surface area contributed by atoms with Crippen LogP contribution in [0.1, 0.15) is 64.9 Å². The molecule has 0 bridgehead atoms. The van der Waals surface area contributed by atoms with Crippen LogP contribution < -0.4 is 5.32 Å². The number of halogens is 2. The fourth-order valence-corrected chi connectivity index (χ4v) is 8.27. The number of nitrogens with one attached hydrogen (secondary N) is 1. The van der Waals surface area contributed by atoms with Gasteiger partial charge in [0.05, 0.1) is 37.4 Å². The molecule has 344 valence electrons. The van der Waals surface area contributed by atoms with Crippen LogP contribution in [0, 0.1) is 29.4 Å². The first-order valence-electron chi connectivity index (χ1n) is 21.5. The van der Waals surface area contributed by atoms with Crippen LogP contribution in [0.15, 0.2) is 66.9 Å². The van der Waals surface area contributed by atoms with Gasteiger partial charge in [0.25, 0.3) is 17.7 Å². The molecule has 0 aliphatic carbocycles. The second-order valence-electron chi connectivity index (χ2n) is 17.2. The summed E-state index contributed by atoms with van der Waals surface area (Å²) in [6.45, 7) is 8.84. The molecule has 1 N–H and O–H groups in total. The number of esters is 1. The van der Waals surface area contributed by atoms with Crippen LogP contribution in [0.4, 0.5) is 13.6 Å². The zero-order valence-electron chi connectivity index (χ0n) is 36.8. The van der Waals surface area contributed by atoms with E-state index in [1.165, 1.54) is 30.9 Å². The van der Waals surface area contributed by atoms with Gasteiger partial charge in [0, 0.05) is 82.7 Å². The number of ether oxygens (including phenoxy) is 4. The number of aromatic nitrogens is 2. The maximum Gasteiger partial charge on any atom is 0.410 e. The Labute approximate surface area is 370 Å². The van der Waals surface area contributed by atoms with E-state index in [0.29, 0.717) is 31.9 Å². The maximum atomic E-state index is 15.5. The standard InChI is InChI=1S/C46H56F2N6O10/c1-29(63-30(2)55)44(59)54(26-33-25-52(45(60)64-46(3,4)5)27-36(33)43(58)49-17-21-62-22-18-53-39(56)13-14-40(53)57)41(32-15-19-61-20-16-32)42-50-38(35-23-34(47)11-12-37(35)48)28-51(42)24-31-9-7-6-8-10-31/h6-14,23,28-29,32-33,36,41H,15-22,24-27H2,1-5H3,(H,49,58). The van der Waals surface area contributed by atoms with Crippen molar-refractivity contribution >= 4 is 35.7 Å². The zero-order valence-corrected chi connectivity index (χ0v) is 36.8. The van der Waals surface area contributed by atoms with Crippen molar-refractivity contribution in [2.75, 3.05) is 59.2 Å². The van der Waals surface area contributed by atoms with Crippen LogP contribution in [-0.2, 0) is 49.5 Å². The van der Waals surface area contributed by atoms with E-state index in [1.54, 1.807) is 31.9 Å². The van der Waals surface area contributed by atoms with Crippen LogP contribution in [0.5, 0.6) is 0 Å². The van der Waals surface area contributed by atoms with Crippen LogP contribution in [0.2, 0.25) is 0 Å². The molecule has 5 amide bonds. The Morgan fingerprint density at radius 2 is 1.69 bits per heavy atom. The molecule has 0 radical (unpaired) electrons. The van der Waals surface area contributed by atoms with Crippen LogP contribution in [0.25, 0.3) is 11.3 Å². The number of hydrogen-bond acceptors (Lipinski definition) is 11. The number of carbonyl (C=O) groups excluding carboxylic acids is 6. The molecule has 18 heteroatoms. The van der Waals surface area contributed by atoms with Gasteiger partial charge in [-0.05, 0) is 70.2 Å². The first-order valence-corrected chi connectivity index (χ1v) is 21.5. The monoisotopic (exact) mass is 890 g/mol. The van der Waals surface area contributed by atoms with E-state index in [9.17, 15) is 33.2 Å². The average molecular weight is 891 g/mol. The second-order valence-corrected chi connectivity index (χ2v) is 17.2. The molecule has 2 aromatic carbocycles. The second kappa shape index (κ2) is 21.1. The molecule has 3 aliphatic heterocycles. The SMILES string of the molecule is CC(=O)OC(C)C(=O)N(CC1CN(C(=O)OC(C)(C)C)CC1C(=O)NCCOCCN1C(=O)C=CC1=O)C(c1nc(-c2cc(F)ccc2F)cn1Cc1ccccc1)C1CCOCC1. The van der Waals surface area contributed by atoms with Gasteiger partial charge in [0.1, 0.15) is 23.1 Å². The van der Waals surface area contributed by atoms with Crippen molar-refractivity contribution in [3.05, 3.63) is 89.9 Å². The van der Waals surface area contributed by atoms with E-state index in [0.717, 1.165) is 28.7 Å². The summed E-state index contributed by atoms with van der Waals surface area (Å²) in [5.74, 6) is -5.44. The van der Waals surface area contributed by atoms with Crippen LogP contribution >= 0.6 is 0 Å². The van der Waals surface area contributed by atoms with Gasteiger partial charge >= 0.3 is 12.1 Å². The molecule has 16 nitrogen and oxygen atoms in total. The summed E-state index contributed by atoms with van der Waals surface area (Å²) in [5, 5.41) is 2.88. The summed E-state index contributed by atoms with van der Waals surface area (Å²) in [6.07, 6.45) is 3.02. The number of likely N-dealkylation sites (tertiary alicyclic amines) is 1. The lowest BCUT2D eigenvalue weighted by atomic mass is 9.87. The molecule has 64 heavy (non-hydrogen) atoms. The molecular formula is C46H56F2N6O10. The number of hydrogen-bond donors (Lipinski definition) is 1. The summed E-state index contributed by atoms with van der Waals surface area (Å²) in [5.41, 5.74) is 0.0648. The van der Waals surface area contributed by atoms with E-state index < -0.39 is 76.9 Å². The Bertz CT molecular complexity index is 2190. The average Bonchev–Trinajstić information content (AvgIpc) is 3.96. The molecule has 2 saturated heterocycles. The Kier molecular flexibility index (Phi) is 15.7. The summed E-state index contributed by atoms with van der Waals surface area (Å²) in [4.78, 5) is 87.9. The predicted octanol–water partition coefficient (Wildman–Crippen LogP) is 4.67. The highest BCUT2D eigenvalue weighted by Gasteiger charge is 2.46. The van der Waals surface area contributed by atoms with E-state index >= 15 is 4.39 Å². The van der Waals surface area contributed by atoms with E-state index in [-0.39, 0.29) is 69.7 Å². The largest absolute Gasteiger partial charge is 0.453 e. The molecule has 4 heterocycles. The molecule has 4 unspecified atom stereocenters. The van der Waals surface area contributed by atoms with Gasteiger partial charge in [-0.25, -0.2) is 18.6 Å². The van der Waals surface area contributed by atoms with Crippen molar-refractivity contribution in [1.29, 1.82) is 0 Å². The molecule has 4 atom stereocenters. The lowest BCUT2D eigenvalue weighted by molar-refractivity contribution is -0.160. The fourth-order valence-electron chi connectivity index (χ4n) is 8.27. The molecule has 1 aromatic heterocycles. The van der Waals surface area contributed by atoms with Crippen molar-refractivity contribution in [3.63, 3.8) is 0 Å². The third kappa shape index (κ3) is 12.2. The molecular weight excluding hydrogens is 835 g/mol. The van der Waals surface area contributed by atoms with Crippen LogP contribution in [-0.4, -0.2) is 131 Å². The van der Waals surface area contributed by atoms with Crippen LogP contribution in [0.3, 0.4) is 0 Å². The lowest BCUT2D eigenvalue weighted by Gasteiger charge is -2.41. The molecule has 0 saturated carbocycles. The Morgan fingerprint density at radius 1 is 0.984 bits per heavy atom. The third-order valence-corrected chi connectivity index (χ3v) is 11.3. The zero-order chi connectivity index (χ0) is 46.1. The maximum absolute atomic E-state index is 15.5. The summed E-state index contributed by atoms with van der Waals surface area (Å²) < 4.78 is 54.5. The van der Waals surface area contributed by atoms with E-state index in [4.69, 9.17) is 23.9 Å². The first kappa shape index (κ1) is 47.5. The topological polar surface area (TPSA) is 179 Å².